The van der Waals surface area contributed by atoms with Gasteiger partial charge in [0.25, 0.3) is 5.89 Å². The summed E-state index contributed by atoms with van der Waals surface area (Å²) in [5, 5.41) is 7.88. The maximum Gasteiger partial charge on any atom is 0.258 e. The Kier molecular flexibility index (Phi) is 4.74. The van der Waals surface area contributed by atoms with Crippen molar-refractivity contribution < 1.29 is 13.7 Å². The molecule has 0 aliphatic heterocycles. The largest absolute Gasteiger partial charge is 0.496 e. The molecule has 3 rings (SSSR count). The van der Waals surface area contributed by atoms with Gasteiger partial charge < -0.3 is 9.26 Å². The van der Waals surface area contributed by atoms with Gasteiger partial charge in [-0.2, -0.15) is 16.3 Å². The number of thiophene rings is 1. The second-order valence-corrected chi connectivity index (χ2v) is 6.24. The predicted molar refractivity (Wildman–Crippen MR) is 85.6 cm³/mol. The van der Waals surface area contributed by atoms with Gasteiger partial charge in [0.15, 0.2) is 5.82 Å². The minimum Gasteiger partial charge on any atom is -0.496 e. The van der Waals surface area contributed by atoms with Crippen molar-refractivity contribution in [3.63, 3.8) is 0 Å². The van der Waals surface area contributed by atoms with Crippen molar-refractivity contribution in [1.82, 2.24) is 10.1 Å². The monoisotopic (exact) mass is 336 g/mol. The Morgan fingerprint density at radius 1 is 1.32 bits per heavy atom. The molecule has 0 fully saturated rings. The van der Waals surface area contributed by atoms with Gasteiger partial charge in [0.1, 0.15) is 11.6 Å². The lowest BCUT2D eigenvalue weighted by Gasteiger charge is -2.07. The molecule has 0 N–H and O–H groups in total. The number of ether oxygens (including phenoxy) is 1. The normalized spacial score (nSPS) is 10.8. The van der Waals surface area contributed by atoms with Crippen LogP contribution in [0.2, 0.25) is 0 Å². The van der Waals surface area contributed by atoms with Gasteiger partial charge in [-0.05, 0) is 29.6 Å². The molecule has 0 unspecified atom stereocenters. The van der Waals surface area contributed by atoms with Crippen molar-refractivity contribution in [1.29, 1.82) is 0 Å². The van der Waals surface area contributed by atoms with Gasteiger partial charge in [-0.15, -0.1) is 11.8 Å². The van der Waals surface area contributed by atoms with Crippen molar-refractivity contribution in [3.05, 3.63) is 52.2 Å². The zero-order valence-corrected chi connectivity index (χ0v) is 13.4. The lowest BCUT2D eigenvalue weighted by atomic mass is 10.2. The third-order valence-electron chi connectivity index (χ3n) is 2.97. The average Bonchev–Trinajstić information content (AvgIpc) is 3.18. The summed E-state index contributed by atoms with van der Waals surface area (Å²) in [5.41, 5.74) is 1.75. The summed E-state index contributed by atoms with van der Waals surface area (Å²) in [6, 6.07) is 6.44. The van der Waals surface area contributed by atoms with E-state index in [-0.39, 0.29) is 5.82 Å². The number of rotatable bonds is 6. The molecule has 4 nitrogen and oxygen atoms in total. The maximum absolute atomic E-state index is 13.3. The van der Waals surface area contributed by atoms with Gasteiger partial charge in [0.2, 0.25) is 0 Å². The molecular formula is C15H13FN2O2S2. The Morgan fingerprint density at radius 2 is 2.23 bits per heavy atom. The van der Waals surface area contributed by atoms with E-state index in [2.05, 4.69) is 10.1 Å². The number of aromatic nitrogens is 2. The zero-order chi connectivity index (χ0) is 15.4. The highest BCUT2D eigenvalue weighted by Gasteiger charge is 2.10. The van der Waals surface area contributed by atoms with Crippen LogP contribution in [-0.4, -0.2) is 17.3 Å². The minimum atomic E-state index is -0.268. The second-order valence-electron chi connectivity index (χ2n) is 4.48. The van der Waals surface area contributed by atoms with Crippen LogP contribution >= 0.6 is 23.1 Å². The molecule has 0 radical (unpaired) electrons. The van der Waals surface area contributed by atoms with E-state index in [0.29, 0.717) is 29.0 Å². The molecule has 0 bridgehead atoms. The number of hydrogen-bond donors (Lipinski definition) is 0. The van der Waals surface area contributed by atoms with Crippen LogP contribution < -0.4 is 4.74 Å². The van der Waals surface area contributed by atoms with Crippen LogP contribution in [0.1, 0.15) is 11.4 Å². The lowest BCUT2D eigenvalue weighted by Crippen LogP contribution is -1.92. The van der Waals surface area contributed by atoms with Gasteiger partial charge in [0.05, 0.1) is 18.4 Å². The Morgan fingerprint density at radius 3 is 3.00 bits per heavy atom. The molecule has 0 atom stereocenters. The average molecular weight is 336 g/mol. The number of nitrogens with zero attached hydrogens (tertiary/aromatic N) is 2. The van der Waals surface area contributed by atoms with Crippen LogP contribution in [0.4, 0.5) is 4.39 Å². The Balaban J connectivity index is 1.61. The zero-order valence-electron chi connectivity index (χ0n) is 11.8. The fourth-order valence-electron chi connectivity index (χ4n) is 1.93. The van der Waals surface area contributed by atoms with Crippen molar-refractivity contribution in [2.45, 2.75) is 11.5 Å². The minimum absolute atomic E-state index is 0.268. The molecule has 0 saturated heterocycles. The van der Waals surface area contributed by atoms with Crippen molar-refractivity contribution >= 4 is 23.1 Å². The van der Waals surface area contributed by atoms with Gasteiger partial charge in [-0.25, -0.2) is 4.39 Å². The number of methoxy groups -OCH3 is 1. The van der Waals surface area contributed by atoms with E-state index in [4.69, 9.17) is 9.26 Å². The highest BCUT2D eigenvalue weighted by atomic mass is 32.2. The topological polar surface area (TPSA) is 48.2 Å². The Hall–Kier alpha value is -1.86. The number of thioether (sulfide) groups is 1. The van der Waals surface area contributed by atoms with Crippen LogP contribution in [0, 0.1) is 5.82 Å². The predicted octanol–water partition coefficient (Wildman–Crippen LogP) is 4.38. The molecule has 2 aromatic heterocycles. The fraction of sp³-hybridized carbons (Fsp3) is 0.200. The first-order valence-electron chi connectivity index (χ1n) is 6.51. The molecule has 1 aromatic carbocycles. The van der Waals surface area contributed by atoms with Crippen molar-refractivity contribution in [2.24, 2.45) is 0 Å². The number of benzene rings is 1. The number of hydrogen-bond acceptors (Lipinski definition) is 6. The summed E-state index contributed by atoms with van der Waals surface area (Å²) in [5.74, 6) is 2.77. The Bertz CT molecular complexity index is 744. The third kappa shape index (κ3) is 3.48. The molecule has 3 aromatic rings. The summed E-state index contributed by atoms with van der Waals surface area (Å²) in [6.07, 6.45) is 0. The fourth-order valence-corrected chi connectivity index (χ4v) is 3.41. The summed E-state index contributed by atoms with van der Waals surface area (Å²) in [6.45, 7) is 0. The van der Waals surface area contributed by atoms with Crippen LogP contribution in [-0.2, 0) is 11.5 Å². The van der Waals surface area contributed by atoms with E-state index in [1.807, 2.05) is 16.8 Å². The van der Waals surface area contributed by atoms with Gasteiger partial charge in [-0.1, -0.05) is 5.16 Å². The smallest absolute Gasteiger partial charge is 0.258 e. The first-order chi connectivity index (χ1) is 10.8. The number of halogens is 1. The van der Waals surface area contributed by atoms with E-state index in [1.54, 1.807) is 36.3 Å². The summed E-state index contributed by atoms with van der Waals surface area (Å²) < 4.78 is 23.7. The SMILES string of the molecule is COc1ccc(F)cc1CSCc1noc(-c2ccsc2)n1. The molecule has 0 spiro atoms. The third-order valence-corrected chi connectivity index (χ3v) is 4.63. The van der Waals surface area contributed by atoms with Crippen LogP contribution in [0.25, 0.3) is 11.5 Å². The van der Waals surface area contributed by atoms with Gasteiger partial charge in [0, 0.05) is 16.7 Å². The van der Waals surface area contributed by atoms with Crippen LogP contribution in [0.15, 0.2) is 39.5 Å². The molecule has 2 heterocycles. The second kappa shape index (κ2) is 6.93. The molecule has 0 aliphatic carbocycles. The van der Waals surface area contributed by atoms with Gasteiger partial charge >= 0.3 is 0 Å². The van der Waals surface area contributed by atoms with Crippen LogP contribution in [0.3, 0.4) is 0 Å². The van der Waals surface area contributed by atoms with Crippen molar-refractivity contribution in [2.75, 3.05) is 7.11 Å². The van der Waals surface area contributed by atoms with E-state index in [9.17, 15) is 4.39 Å². The molecule has 0 saturated carbocycles. The maximum atomic E-state index is 13.3. The van der Waals surface area contributed by atoms with Crippen molar-refractivity contribution in [3.8, 4) is 17.2 Å². The first-order valence-corrected chi connectivity index (χ1v) is 8.61. The summed E-state index contributed by atoms with van der Waals surface area (Å²) in [7, 11) is 1.58. The lowest BCUT2D eigenvalue weighted by molar-refractivity contribution is 0.410. The molecule has 22 heavy (non-hydrogen) atoms. The van der Waals surface area contributed by atoms with Gasteiger partial charge in [-0.3, -0.25) is 0 Å². The molecular weight excluding hydrogens is 323 g/mol. The summed E-state index contributed by atoms with van der Waals surface area (Å²) >= 11 is 3.16. The molecule has 0 amide bonds. The standard InChI is InChI=1S/C15H13FN2O2S2/c1-19-13-3-2-12(16)6-11(13)8-22-9-14-17-15(20-18-14)10-4-5-21-7-10/h2-7H,8-9H2,1H3. The highest BCUT2D eigenvalue weighted by Crippen LogP contribution is 2.26. The quantitative estimate of drug-likeness (QED) is 0.668. The van der Waals surface area contributed by atoms with E-state index in [0.717, 1.165) is 11.1 Å². The molecule has 0 aliphatic rings. The van der Waals surface area contributed by atoms with E-state index in [1.165, 1.54) is 12.1 Å². The van der Waals surface area contributed by atoms with Crippen LogP contribution in [0.5, 0.6) is 5.75 Å². The molecule has 7 heteroatoms. The molecule has 114 valence electrons. The first kappa shape index (κ1) is 15.1. The van der Waals surface area contributed by atoms with E-state index >= 15 is 0 Å². The van der Waals surface area contributed by atoms with E-state index < -0.39 is 0 Å². The summed E-state index contributed by atoms with van der Waals surface area (Å²) in [4.78, 5) is 4.35. The Labute approximate surface area is 135 Å². The highest BCUT2D eigenvalue weighted by molar-refractivity contribution is 7.97.